The minimum absolute atomic E-state index is 0.279. The molecular weight excluding hydrogens is 360 g/mol. The molecule has 0 unspecified atom stereocenters. The van der Waals surface area contributed by atoms with Crippen LogP contribution in [0.2, 0.25) is 0 Å². The highest BCUT2D eigenvalue weighted by Gasteiger charge is 2.36. The molecule has 1 fully saturated rings. The standard InChI is InChI=1S/C13H13FIN3O/c14-8-3-4-9(10(15)7-8)11-17-12(18-19-11)13(16)5-1-2-6-13/h3-4,7H,1-2,5-6,16H2. The summed E-state index contributed by atoms with van der Waals surface area (Å²) in [6.45, 7) is 0. The zero-order chi connectivity index (χ0) is 13.5. The third-order valence-electron chi connectivity index (χ3n) is 3.53. The molecule has 1 aromatic carbocycles. The number of nitrogens with zero attached hydrogens (tertiary/aromatic N) is 2. The van der Waals surface area contributed by atoms with Crippen molar-refractivity contribution in [1.29, 1.82) is 0 Å². The molecule has 0 spiro atoms. The van der Waals surface area contributed by atoms with Crippen molar-refractivity contribution in [3.05, 3.63) is 33.4 Å². The number of rotatable bonds is 2. The van der Waals surface area contributed by atoms with Gasteiger partial charge >= 0.3 is 0 Å². The Morgan fingerprint density at radius 1 is 1.32 bits per heavy atom. The van der Waals surface area contributed by atoms with E-state index in [0.717, 1.165) is 34.8 Å². The van der Waals surface area contributed by atoms with E-state index in [9.17, 15) is 4.39 Å². The molecule has 1 saturated carbocycles. The second-order valence-corrected chi connectivity index (χ2v) is 6.07. The number of benzene rings is 1. The molecule has 0 saturated heterocycles. The van der Waals surface area contributed by atoms with Gasteiger partial charge in [0.1, 0.15) is 5.82 Å². The quantitative estimate of drug-likeness (QED) is 0.822. The van der Waals surface area contributed by atoms with Crippen molar-refractivity contribution in [3.8, 4) is 11.5 Å². The van der Waals surface area contributed by atoms with Gasteiger partial charge in [0, 0.05) is 3.57 Å². The molecule has 1 heterocycles. The summed E-state index contributed by atoms with van der Waals surface area (Å²) in [7, 11) is 0. The summed E-state index contributed by atoms with van der Waals surface area (Å²) >= 11 is 2.05. The second kappa shape index (κ2) is 4.82. The molecule has 1 aliphatic carbocycles. The number of nitrogens with two attached hydrogens (primary N) is 1. The van der Waals surface area contributed by atoms with Gasteiger partial charge in [-0.1, -0.05) is 18.0 Å². The molecule has 0 aliphatic heterocycles. The maximum absolute atomic E-state index is 13.1. The van der Waals surface area contributed by atoms with Gasteiger partial charge in [-0.3, -0.25) is 0 Å². The fourth-order valence-electron chi connectivity index (χ4n) is 2.43. The Labute approximate surface area is 123 Å². The van der Waals surface area contributed by atoms with Crippen LogP contribution in [-0.4, -0.2) is 10.1 Å². The first-order valence-electron chi connectivity index (χ1n) is 6.17. The third kappa shape index (κ3) is 2.38. The monoisotopic (exact) mass is 373 g/mol. The predicted octanol–water partition coefficient (Wildman–Crippen LogP) is 3.21. The lowest BCUT2D eigenvalue weighted by Gasteiger charge is -2.17. The van der Waals surface area contributed by atoms with Gasteiger partial charge < -0.3 is 10.3 Å². The Morgan fingerprint density at radius 2 is 2.05 bits per heavy atom. The van der Waals surface area contributed by atoms with Crippen LogP contribution in [0.4, 0.5) is 4.39 Å². The number of aromatic nitrogens is 2. The van der Waals surface area contributed by atoms with Crippen molar-refractivity contribution >= 4 is 22.6 Å². The van der Waals surface area contributed by atoms with Crippen molar-refractivity contribution < 1.29 is 8.91 Å². The van der Waals surface area contributed by atoms with Gasteiger partial charge in [0.2, 0.25) is 0 Å². The van der Waals surface area contributed by atoms with Gasteiger partial charge in [-0.2, -0.15) is 4.98 Å². The summed E-state index contributed by atoms with van der Waals surface area (Å²) < 4.78 is 19.1. The minimum Gasteiger partial charge on any atom is -0.334 e. The molecule has 0 radical (unpaired) electrons. The summed E-state index contributed by atoms with van der Waals surface area (Å²) in [5.41, 5.74) is 6.56. The minimum atomic E-state index is -0.465. The molecule has 6 heteroatoms. The molecule has 1 aliphatic rings. The normalized spacial score (nSPS) is 17.8. The zero-order valence-electron chi connectivity index (χ0n) is 10.2. The average molecular weight is 373 g/mol. The number of hydrogen-bond acceptors (Lipinski definition) is 4. The summed E-state index contributed by atoms with van der Waals surface area (Å²) in [4.78, 5) is 4.39. The molecule has 100 valence electrons. The van der Waals surface area contributed by atoms with E-state index in [1.165, 1.54) is 12.1 Å². The van der Waals surface area contributed by atoms with Crippen molar-refractivity contribution in [2.45, 2.75) is 31.2 Å². The van der Waals surface area contributed by atoms with Crippen LogP contribution in [-0.2, 0) is 5.54 Å². The highest BCUT2D eigenvalue weighted by atomic mass is 127. The first-order valence-corrected chi connectivity index (χ1v) is 7.25. The van der Waals surface area contributed by atoms with Crippen LogP contribution in [0.15, 0.2) is 22.7 Å². The van der Waals surface area contributed by atoms with Gasteiger partial charge in [-0.25, -0.2) is 4.39 Å². The van der Waals surface area contributed by atoms with Crippen LogP contribution >= 0.6 is 22.6 Å². The molecule has 3 rings (SSSR count). The van der Waals surface area contributed by atoms with E-state index in [0.29, 0.717) is 11.7 Å². The van der Waals surface area contributed by atoms with E-state index >= 15 is 0 Å². The van der Waals surface area contributed by atoms with Gasteiger partial charge in [0.25, 0.3) is 5.89 Å². The van der Waals surface area contributed by atoms with Gasteiger partial charge in [0.15, 0.2) is 5.82 Å². The van der Waals surface area contributed by atoms with Crippen LogP contribution in [0.5, 0.6) is 0 Å². The van der Waals surface area contributed by atoms with E-state index in [1.54, 1.807) is 6.07 Å². The Morgan fingerprint density at radius 3 is 2.74 bits per heavy atom. The van der Waals surface area contributed by atoms with Crippen molar-refractivity contribution in [1.82, 2.24) is 10.1 Å². The topological polar surface area (TPSA) is 64.9 Å². The molecule has 2 aromatic rings. The second-order valence-electron chi connectivity index (χ2n) is 4.91. The Hall–Kier alpha value is -1.02. The van der Waals surface area contributed by atoms with E-state index in [1.807, 2.05) is 0 Å². The van der Waals surface area contributed by atoms with Crippen LogP contribution < -0.4 is 5.73 Å². The van der Waals surface area contributed by atoms with E-state index in [4.69, 9.17) is 10.3 Å². The average Bonchev–Trinajstić information content (AvgIpc) is 2.99. The van der Waals surface area contributed by atoms with E-state index < -0.39 is 5.54 Å². The molecule has 19 heavy (non-hydrogen) atoms. The van der Waals surface area contributed by atoms with Crippen LogP contribution in [0, 0.1) is 9.39 Å². The van der Waals surface area contributed by atoms with Crippen molar-refractivity contribution in [2.24, 2.45) is 5.73 Å². The fourth-order valence-corrected chi connectivity index (χ4v) is 3.14. The smallest absolute Gasteiger partial charge is 0.259 e. The Balaban J connectivity index is 1.97. The maximum Gasteiger partial charge on any atom is 0.259 e. The lowest BCUT2D eigenvalue weighted by Crippen LogP contribution is -2.34. The van der Waals surface area contributed by atoms with Crippen molar-refractivity contribution in [3.63, 3.8) is 0 Å². The summed E-state index contributed by atoms with van der Waals surface area (Å²) in [6.07, 6.45) is 3.95. The van der Waals surface area contributed by atoms with E-state index in [2.05, 4.69) is 32.7 Å². The lowest BCUT2D eigenvalue weighted by molar-refractivity contribution is 0.372. The zero-order valence-corrected chi connectivity index (χ0v) is 12.4. The van der Waals surface area contributed by atoms with Gasteiger partial charge in [0.05, 0.1) is 11.1 Å². The van der Waals surface area contributed by atoms with Crippen LogP contribution in [0.3, 0.4) is 0 Å². The predicted molar refractivity (Wildman–Crippen MR) is 76.7 cm³/mol. The third-order valence-corrected chi connectivity index (χ3v) is 4.42. The summed E-state index contributed by atoms with van der Waals surface area (Å²) in [6, 6.07) is 4.47. The molecular formula is C13H13FIN3O. The van der Waals surface area contributed by atoms with Crippen LogP contribution in [0.25, 0.3) is 11.5 Å². The van der Waals surface area contributed by atoms with E-state index in [-0.39, 0.29) is 5.82 Å². The summed E-state index contributed by atoms with van der Waals surface area (Å²) in [5.74, 6) is 0.676. The molecule has 0 atom stereocenters. The molecule has 2 N–H and O–H groups in total. The summed E-state index contributed by atoms with van der Waals surface area (Å²) in [5, 5.41) is 4.00. The number of hydrogen-bond donors (Lipinski definition) is 1. The maximum atomic E-state index is 13.1. The molecule has 0 bridgehead atoms. The fraction of sp³-hybridized carbons (Fsp3) is 0.385. The lowest BCUT2D eigenvalue weighted by atomic mass is 9.99. The van der Waals surface area contributed by atoms with Gasteiger partial charge in [-0.15, -0.1) is 0 Å². The number of halogens is 2. The largest absolute Gasteiger partial charge is 0.334 e. The molecule has 0 amide bonds. The molecule has 1 aromatic heterocycles. The SMILES string of the molecule is NC1(c2noc(-c3ccc(F)cc3I)n2)CCCC1. The van der Waals surface area contributed by atoms with Crippen LogP contribution in [0.1, 0.15) is 31.5 Å². The Bertz CT molecular complexity index is 608. The van der Waals surface area contributed by atoms with Gasteiger partial charge in [-0.05, 0) is 53.6 Å². The highest BCUT2D eigenvalue weighted by molar-refractivity contribution is 14.1. The first kappa shape index (κ1) is 13.0. The molecule has 4 nitrogen and oxygen atoms in total. The highest BCUT2D eigenvalue weighted by Crippen LogP contribution is 2.35. The Kier molecular flexibility index (Phi) is 3.30. The van der Waals surface area contributed by atoms with Crippen molar-refractivity contribution in [2.75, 3.05) is 0 Å². The first-order chi connectivity index (χ1) is 9.08.